The van der Waals surface area contributed by atoms with Gasteiger partial charge in [0.25, 0.3) is 0 Å². The molecule has 0 aromatic heterocycles. The highest BCUT2D eigenvalue weighted by Crippen LogP contribution is 2.13. The topological polar surface area (TPSA) is 27.7 Å². The normalized spacial score (nSPS) is 10.3. The lowest BCUT2D eigenvalue weighted by Gasteiger charge is -2.05. The Morgan fingerprint density at radius 3 is 2.73 bits per heavy atom. The van der Waals surface area contributed by atoms with Gasteiger partial charge in [-0.25, -0.2) is 0 Å². The Labute approximate surface area is 91.0 Å². The number of rotatable bonds is 7. The predicted molar refractivity (Wildman–Crippen MR) is 59.1 cm³/mol. The van der Waals surface area contributed by atoms with Crippen LogP contribution in [0.3, 0.4) is 0 Å². The van der Waals surface area contributed by atoms with E-state index in [4.69, 9.17) is 14.2 Å². The van der Waals surface area contributed by atoms with E-state index in [1.807, 2.05) is 24.3 Å². The maximum atomic E-state index is 5.49. The first kappa shape index (κ1) is 12.0. The zero-order chi connectivity index (χ0) is 10.9. The summed E-state index contributed by atoms with van der Waals surface area (Å²) in [4.78, 5) is 0. The third-order valence-electron chi connectivity index (χ3n) is 2.04. The minimum Gasteiger partial charge on any atom is -0.497 e. The lowest BCUT2D eigenvalue weighted by molar-refractivity contribution is 0.0927. The largest absolute Gasteiger partial charge is 0.497 e. The van der Waals surface area contributed by atoms with Crippen molar-refractivity contribution in [1.82, 2.24) is 0 Å². The number of methoxy groups -OCH3 is 2. The van der Waals surface area contributed by atoms with E-state index < -0.39 is 0 Å². The van der Waals surface area contributed by atoms with Gasteiger partial charge in [-0.05, 0) is 24.1 Å². The fourth-order valence-corrected chi connectivity index (χ4v) is 1.26. The predicted octanol–water partition coefficient (Wildman–Crippen LogP) is 2.25. The maximum Gasteiger partial charge on any atom is 0.119 e. The molecule has 0 unspecified atom stereocenters. The van der Waals surface area contributed by atoms with Gasteiger partial charge in [0, 0.05) is 20.3 Å². The molecule has 1 aromatic rings. The molecule has 0 aliphatic heterocycles. The van der Waals surface area contributed by atoms with Gasteiger partial charge in [-0.2, -0.15) is 0 Å². The summed E-state index contributed by atoms with van der Waals surface area (Å²) in [6.45, 7) is 2.10. The molecule has 0 atom stereocenters. The summed E-state index contributed by atoms with van der Waals surface area (Å²) in [6, 6.07) is 7.90. The molecule has 0 aliphatic rings. The lowest BCUT2D eigenvalue weighted by Crippen LogP contribution is -1.99. The van der Waals surface area contributed by atoms with Crippen LogP contribution in [0.1, 0.15) is 12.0 Å². The van der Waals surface area contributed by atoms with Crippen LogP contribution in [0.4, 0.5) is 0 Å². The van der Waals surface area contributed by atoms with Crippen LogP contribution >= 0.6 is 0 Å². The Hall–Kier alpha value is -1.06. The average Bonchev–Trinajstić information content (AvgIpc) is 2.29. The maximum absolute atomic E-state index is 5.49. The molecule has 1 rings (SSSR count). The van der Waals surface area contributed by atoms with Crippen molar-refractivity contribution < 1.29 is 14.2 Å². The Bertz CT molecular complexity index is 273. The minimum absolute atomic E-state index is 0.626. The van der Waals surface area contributed by atoms with Gasteiger partial charge in [-0.1, -0.05) is 12.1 Å². The zero-order valence-electron chi connectivity index (χ0n) is 9.36. The summed E-state index contributed by atoms with van der Waals surface area (Å²) in [5.41, 5.74) is 1.13. The van der Waals surface area contributed by atoms with Crippen molar-refractivity contribution in [1.29, 1.82) is 0 Å². The van der Waals surface area contributed by atoms with Crippen molar-refractivity contribution in [2.24, 2.45) is 0 Å². The van der Waals surface area contributed by atoms with Gasteiger partial charge >= 0.3 is 0 Å². The van der Waals surface area contributed by atoms with Gasteiger partial charge in [-0.3, -0.25) is 0 Å². The van der Waals surface area contributed by atoms with Crippen LogP contribution in [0, 0.1) is 0 Å². The zero-order valence-corrected chi connectivity index (χ0v) is 9.36. The molecule has 0 amide bonds. The SMILES string of the molecule is COCCCOCc1cccc(OC)c1. The molecule has 0 bridgehead atoms. The molecule has 0 aliphatic carbocycles. The summed E-state index contributed by atoms with van der Waals surface area (Å²) in [5.74, 6) is 0.869. The summed E-state index contributed by atoms with van der Waals surface area (Å²) in [6.07, 6.45) is 0.931. The quantitative estimate of drug-likeness (QED) is 0.646. The molecule has 0 spiro atoms. The minimum atomic E-state index is 0.626. The molecule has 0 fully saturated rings. The Balaban J connectivity index is 2.24. The van der Waals surface area contributed by atoms with Crippen LogP contribution in [0.5, 0.6) is 5.75 Å². The molecule has 84 valence electrons. The highest BCUT2D eigenvalue weighted by molar-refractivity contribution is 5.27. The smallest absolute Gasteiger partial charge is 0.119 e. The lowest BCUT2D eigenvalue weighted by atomic mass is 10.2. The third-order valence-corrected chi connectivity index (χ3v) is 2.04. The van der Waals surface area contributed by atoms with Crippen LogP contribution in [0.2, 0.25) is 0 Å². The highest BCUT2D eigenvalue weighted by atomic mass is 16.5. The average molecular weight is 210 g/mol. The highest BCUT2D eigenvalue weighted by Gasteiger charge is 1.95. The van der Waals surface area contributed by atoms with Crippen molar-refractivity contribution >= 4 is 0 Å². The van der Waals surface area contributed by atoms with E-state index in [0.29, 0.717) is 6.61 Å². The van der Waals surface area contributed by atoms with Crippen LogP contribution in [0.25, 0.3) is 0 Å². The molecule has 0 radical (unpaired) electrons. The Kier molecular flexibility index (Phi) is 5.81. The molecule has 0 heterocycles. The van der Waals surface area contributed by atoms with E-state index in [0.717, 1.165) is 30.9 Å². The molecule has 0 N–H and O–H groups in total. The molecule has 1 aromatic carbocycles. The molecule has 0 saturated heterocycles. The van der Waals surface area contributed by atoms with E-state index in [9.17, 15) is 0 Å². The van der Waals surface area contributed by atoms with E-state index in [1.54, 1.807) is 14.2 Å². The van der Waals surface area contributed by atoms with Gasteiger partial charge in [0.15, 0.2) is 0 Å². The molecule has 3 nitrogen and oxygen atoms in total. The standard InChI is InChI=1S/C12H18O3/c1-13-7-4-8-15-10-11-5-3-6-12(9-11)14-2/h3,5-6,9H,4,7-8,10H2,1-2H3. The molecular formula is C12H18O3. The van der Waals surface area contributed by atoms with E-state index >= 15 is 0 Å². The number of hydrogen-bond donors (Lipinski definition) is 0. The van der Waals surface area contributed by atoms with Crippen molar-refractivity contribution in [3.63, 3.8) is 0 Å². The van der Waals surface area contributed by atoms with Crippen LogP contribution in [-0.2, 0) is 16.1 Å². The van der Waals surface area contributed by atoms with E-state index in [-0.39, 0.29) is 0 Å². The van der Waals surface area contributed by atoms with Gasteiger partial charge in [-0.15, -0.1) is 0 Å². The van der Waals surface area contributed by atoms with Crippen LogP contribution in [0.15, 0.2) is 24.3 Å². The van der Waals surface area contributed by atoms with E-state index in [2.05, 4.69) is 0 Å². The molecular weight excluding hydrogens is 192 g/mol. The summed E-state index contributed by atoms with van der Waals surface area (Å²) in [7, 11) is 3.36. The fourth-order valence-electron chi connectivity index (χ4n) is 1.26. The second-order valence-corrected chi connectivity index (χ2v) is 3.25. The molecule has 3 heteroatoms. The third kappa shape index (κ3) is 4.81. The van der Waals surface area contributed by atoms with Crippen molar-refractivity contribution in [3.8, 4) is 5.75 Å². The number of hydrogen-bond acceptors (Lipinski definition) is 3. The first-order chi connectivity index (χ1) is 7.36. The number of benzene rings is 1. The van der Waals surface area contributed by atoms with Crippen LogP contribution < -0.4 is 4.74 Å². The molecule has 15 heavy (non-hydrogen) atoms. The Morgan fingerprint density at radius 1 is 1.13 bits per heavy atom. The molecule has 0 saturated carbocycles. The summed E-state index contributed by atoms with van der Waals surface area (Å²) >= 11 is 0. The van der Waals surface area contributed by atoms with Gasteiger partial charge < -0.3 is 14.2 Å². The summed E-state index contributed by atoms with van der Waals surface area (Å²) in [5, 5.41) is 0. The monoisotopic (exact) mass is 210 g/mol. The second-order valence-electron chi connectivity index (χ2n) is 3.25. The van der Waals surface area contributed by atoms with E-state index in [1.165, 1.54) is 0 Å². The number of ether oxygens (including phenoxy) is 3. The van der Waals surface area contributed by atoms with Gasteiger partial charge in [0.2, 0.25) is 0 Å². The first-order valence-corrected chi connectivity index (χ1v) is 5.06. The second kappa shape index (κ2) is 7.26. The summed E-state index contributed by atoms with van der Waals surface area (Å²) < 4.78 is 15.5. The van der Waals surface area contributed by atoms with Gasteiger partial charge in [0.05, 0.1) is 13.7 Å². The van der Waals surface area contributed by atoms with Crippen molar-refractivity contribution in [2.75, 3.05) is 27.4 Å². The fraction of sp³-hybridized carbons (Fsp3) is 0.500. The van der Waals surface area contributed by atoms with Crippen LogP contribution in [-0.4, -0.2) is 27.4 Å². The Morgan fingerprint density at radius 2 is 2.00 bits per heavy atom. The van der Waals surface area contributed by atoms with Crippen molar-refractivity contribution in [3.05, 3.63) is 29.8 Å². The van der Waals surface area contributed by atoms with Gasteiger partial charge in [0.1, 0.15) is 5.75 Å². The van der Waals surface area contributed by atoms with Crippen molar-refractivity contribution in [2.45, 2.75) is 13.0 Å². The first-order valence-electron chi connectivity index (χ1n) is 5.06.